The van der Waals surface area contributed by atoms with E-state index in [1.54, 1.807) is 16.2 Å². The normalized spacial score (nSPS) is 20.9. The molecule has 1 aromatic carbocycles. The first-order valence-electron chi connectivity index (χ1n) is 16.3. The third-order valence-electron chi connectivity index (χ3n) is 9.91. The lowest BCUT2D eigenvalue weighted by Gasteiger charge is -2.42. The number of amides is 5. The van der Waals surface area contributed by atoms with Crippen LogP contribution < -0.4 is 21.7 Å². The van der Waals surface area contributed by atoms with Crippen molar-refractivity contribution in [3.63, 3.8) is 0 Å². The molecule has 45 heavy (non-hydrogen) atoms. The quantitative estimate of drug-likeness (QED) is 0.338. The van der Waals surface area contributed by atoms with Crippen LogP contribution in [0, 0.1) is 0 Å². The van der Waals surface area contributed by atoms with Crippen molar-refractivity contribution in [3.8, 4) is 0 Å². The number of likely N-dealkylation sites (tertiary alicyclic amines) is 2. The second-order valence-electron chi connectivity index (χ2n) is 12.6. The van der Waals surface area contributed by atoms with Crippen LogP contribution in [0.1, 0.15) is 49.3 Å². The van der Waals surface area contributed by atoms with E-state index < -0.39 is 6.04 Å². The maximum absolute atomic E-state index is 14.0. The maximum Gasteiger partial charge on any atom is 0.322 e. The van der Waals surface area contributed by atoms with Gasteiger partial charge in [0, 0.05) is 81.8 Å². The number of piperazine rings is 1. The summed E-state index contributed by atoms with van der Waals surface area (Å²) in [6, 6.07) is 3.31. The minimum atomic E-state index is -0.722. The molecular weight excluding hydrogens is 612 g/mol. The van der Waals surface area contributed by atoms with Crippen molar-refractivity contribution < 1.29 is 14.4 Å². The van der Waals surface area contributed by atoms with E-state index in [2.05, 4.69) is 26.2 Å². The van der Waals surface area contributed by atoms with Crippen molar-refractivity contribution in [2.24, 2.45) is 0 Å². The minimum absolute atomic E-state index is 0.0560. The summed E-state index contributed by atoms with van der Waals surface area (Å²) in [5, 5.41) is 14.0. The van der Waals surface area contributed by atoms with Crippen LogP contribution in [0.5, 0.6) is 0 Å². The molecular formula is C32H45ClN8O3S. The van der Waals surface area contributed by atoms with Gasteiger partial charge in [-0.2, -0.15) is 0 Å². The molecule has 244 valence electrons. The van der Waals surface area contributed by atoms with E-state index >= 15 is 0 Å². The van der Waals surface area contributed by atoms with Gasteiger partial charge < -0.3 is 36.4 Å². The Labute approximate surface area is 274 Å². The Morgan fingerprint density at radius 1 is 1.02 bits per heavy atom. The Balaban J connectivity index is 1.10. The van der Waals surface area contributed by atoms with Crippen LogP contribution in [0.15, 0.2) is 22.9 Å². The highest BCUT2D eigenvalue weighted by Crippen LogP contribution is 2.31. The molecule has 5 N–H and O–H groups in total. The molecule has 3 fully saturated rings. The summed E-state index contributed by atoms with van der Waals surface area (Å²) in [5.41, 5.74) is 10.6. The zero-order valence-corrected chi connectivity index (χ0v) is 27.6. The van der Waals surface area contributed by atoms with Gasteiger partial charge in [-0.3, -0.25) is 9.69 Å². The van der Waals surface area contributed by atoms with E-state index in [9.17, 15) is 14.4 Å². The predicted octanol–water partition coefficient (Wildman–Crippen LogP) is 3.58. The van der Waals surface area contributed by atoms with Crippen molar-refractivity contribution in [2.75, 3.05) is 63.4 Å². The topological polar surface area (TPSA) is 126 Å². The molecule has 2 aromatic rings. The molecule has 0 spiro atoms. The summed E-state index contributed by atoms with van der Waals surface area (Å²) in [6.45, 7) is 9.11. The van der Waals surface area contributed by atoms with E-state index in [4.69, 9.17) is 17.3 Å². The number of nitrogens with two attached hydrogens (primary N) is 1. The molecule has 0 radical (unpaired) electrons. The predicted molar refractivity (Wildman–Crippen MR) is 179 cm³/mol. The van der Waals surface area contributed by atoms with Crippen molar-refractivity contribution in [2.45, 2.75) is 70.1 Å². The second-order valence-corrected chi connectivity index (χ2v) is 13.8. The average Bonchev–Trinajstić information content (AvgIpc) is 3.53. The first-order valence-corrected chi connectivity index (χ1v) is 17.6. The minimum Gasteiger partial charge on any atom is -0.397 e. The number of thiophene rings is 1. The Hall–Kier alpha value is -3.06. The fraction of sp³-hybridized carbons (Fsp3) is 0.594. The van der Waals surface area contributed by atoms with Gasteiger partial charge in [0.15, 0.2) is 0 Å². The Kier molecular flexibility index (Phi) is 10.0. The molecule has 0 aliphatic carbocycles. The molecule has 1 aromatic heterocycles. The second kappa shape index (κ2) is 14.1. The van der Waals surface area contributed by atoms with Gasteiger partial charge in [0.2, 0.25) is 5.91 Å². The van der Waals surface area contributed by atoms with Crippen LogP contribution >= 0.6 is 22.9 Å². The number of halogens is 1. The summed E-state index contributed by atoms with van der Waals surface area (Å²) in [6.07, 6.45) is 4.30. The number of hydrogen-bond acceptors (Lipinski definition) is 7. The van der Waals surface area contributed by atoms with Crippen molar-refractivity contribution in [3.05, 3.63) is 44.6 Å². The molecule has 1 atom stereocenters. The lowest BCUT2D eigenvalue weighted by molar-refractivity contribution is -0.134. The van der Waals surface area contributed by atoms with Crippen LogP contribution in [-0.4, -0.2) is 108 Å². The highest BCUT2D eigenvalue weighted by molar-refractivity contribution is 7.08. The number of urea groups is 2. The number of fused-ring (bicyclic) bond motifs is 1. The number of aryl methyl sites for hydroxylation is 1. The summed E-state index contributed by atoms with van der Waals surface area (Å²) >= 11 is 8.07. The molecule has 5 amide bonds. The van der Waals surface area contributed by atoms with E-state index in [-0.39, 0.29) is 24.0 Å². The lowest BCUT2D eigenvalue weighted by atomic mass is 9.98. The SMILES string of the molecule is CCc1cc(C[C@@H](NC(=O)N2CCC(N3Cc4cscc4NC3=O)CC2)C(=O)N2CCC(N3CCNCC3)CC2)cc(Cl)c1N. The number of nitrogens with one attached hydrogen (secondary N) is 3. The summed E-state index contributed by atoms with van der Waals surface area (Å²) in [4.78, 5) is 48.6. The molecule has 11 nitrogen and oxygen atoms in total. The smallest absolute Gasteiger partial charge is 0.322 e. The highest BCUT2D eigenvalue weighted by Gasteiger charge is 2.36. The first kappa shape index (κ1) is 31.9. The Morgan fingerprint density at radius 2 is 1.71 bits per heavy atom. The number of rotatable bonds is 7. The third-order valence-corrected chi connectivity index (χ3v) is 11.0. The maximum atomic E-state index is 14.0. The summed E-state index contributed by atoms with van der Waals surface area (Å²) in [5.74, 6) is -0.0560. The van der Waals surface area contributed by atoms with E-state index in [1.165, 1.54) is 0 Å². The van der Waals surface area contributed by atoms with Gasteiger partial charge in [0.05, 0.1) is 22.9 Å². The Morgan fingerprint density at radius 3 is 2.42 bits per heavy atom. The zero-order valence-electron chi connectivity index (χ0n) is 26.0. The summed E-state index contributed by atoms with van der Waals surface area (Å²) < 4.78 is 0. The zero-order chi connectivity index (χ0) is 31.5. The van der Waals surface area contributed by atoms with E-state index in [0.29, 0.717) is 68.7 Å². The highest BCUT2D eigenvalue weighted by atomic mass is 35.5. The average molecular weight is 657 g/mol. The van der Waals surface area contributed by atoms with Crippen molar-refractivity contribution in [1.29, 1.82) is 0 Å². The van der Waals surface area contributed by atoms with Gasteiger partial charge >= 0.3 is 12.1 Å². The molecule has 6 rings (SSSR count). The number of carbonyl (C=O) groups is 3. The van der Waals surface area contributed by atoms with Crippen molar-refractivity contribution >= 4 is 52.3 Å². The van der Waals surface area contributed by atoms with Crippen LogP contribution in [0.3, 0.4) is 0 Å². The number of anilines is 2. The molecule has 0 unspecified atom stereocenters. The Bertz CT molecular complexity index is 1380. The van der Waals surface area contributed by atoms with Crippen molar-refractivity contribution in [1.82, 2.24) is 30.2 Å². The lowest BCUT2D eigenvalue weighted by Crippen LogP contribution is -2.58. The molecule has 0 saturated carbocycles. The molecule has 0 bridgehead atoms. The van der Waals surface area contributed by atoms with E-state index in [1.807, 2.05) is 34.2 Å². The number of benzene rings is 1. The van der Waals surface area contributed by atoms with Gasteiger partial charge in [-0.05, 0) is 54.7 Å². The van der Waals surface area contributed by atoms with E-state index in [0.717, 1.165) is 67.8 Å². The van der Waals surface area contributed by atoms with Crippen LogP contribution in [-0.2, 0) is 24.2 Å². The van der Waals surface area contributed by atoms with Gasteiger partial charge in [0.1, 0.15) is 6.04 Å². The fourth-order valence-corrected chi connectivity index (χ4v) is 8.26. The molecule has 4 aliphatic rings. The largest absolute Gasteiger partial charge is 0.397 e. The number of carbonyl (C=O) groups excluding carboxylic acids is 3. The van der Waals surface area contributed by atoms with Gasteiger partial charge in [-0.25, -0.2) is 9.59 Å². The molecule has 3 saturated heterocycles. The van der Waals surface area contributed by atoms with Crippen LogP contribution in [0.4, 0.5) is 21.0 Å². The van der Waals surface area contributed by atoms with Gasteiger partial charge in [-0.15, -0.1) is 11.3 Å². The number of piperidine rings is 2. The number of hydrogen-bond donors (Lipinski definition) is 4. The fourth-order valence-electron chi connectivity index (χ4n) is 7.22. The first-order chi connectivity index (χ1) is 21.8. The summed E-state index contributed by atoms with van der Waals surface area (Å²) in [7, 11) is 0. The van der Waals surface area contributed by atoms with Gasteiger partial charge in [0.25, 0.3) is 0 Å². The standard InChI is InChI=1S/C32H45ClN8O3S/c1-2-22-15-21(16-26(33)29(22)34)17-27(30(42)39-9-3-24(4-10-39)38-13-7-35-8-14-38)36-31(43)40-11-5-25(6-12-40)41-18-23-19-45-20-28(23)37-32(41)44/h15-16,19-20,24-25,27,35H,2-14,17-18,34H2,1H3,(H,36,43)(H,37,44)/t27-/m1/s1. The van der Waals surface area contributed by atoms with Gasteiger partial charge in [-0.1, -0.05) is 24.6 Å². The molecule has 5 heterocycles. The monoisotopic (exact) mass is 656 g/mol. The molecule has 13 heteroatoms. The van der Waals surface area contributed by atoms with Crippen LogP contribution in [0.2, 0.25) is 5.02 Å². The molecule has 4 aliphatic heterocycles. The number of nitrogen functional groups attached to an aromatic ring is 1. The van der Waals surface area contributed by atoms with Crippen LogP contribution in [0.25, 0.3) is 0 Å². The number of nitrogens with zero attached hydrogens (tertiary/aromatic N) is 4. The third kappa shape index (κ3) is 7.19.